The van der Waals surface area contributed by atoms with E-state index in [1.165, 1.54) is 5.57 Å². The fourth-order valence-electron chi connectivity index (χ4n) is 1.79. The normalized spacial score (nSPS) is 17.7. The lowest BCUT2D eigenvalue weighted by Crippen LogP contribution is -2.02. The first kappa shape index (κ1) is 12.0. The van der Waals surface area contributed by atoms with Gasteiger partial charge in [-0.05, 0) is 45.1 Å². The monoisotopic (exact) mass is 204 g/mol. The molecule has 0 aromatic carbocycles. The maximum Gasteiger partial charge on any atom is 0.155 e. The summed E-state index contributed by atoms with van der Waals surface area (Å²) in [6.07, 6.45) is 16.5. The van der Waals surface area contributed by atoms with E-state index in [9.17, 15) is 4.79 Å². The van der Waals surface area contributed by atoms with Gasteiger partial charge in [0.15, 0.2) is 5.78 Å². The maximum absolute atomic E-state index is 11.1. The third-order valence-corrected chi connectivity index (χ3v) is 2.59. The van der Waals surface area contributed by atoms with Gasteiger partial charge >= 0.3 is 0 Å². The first-order chi connectivity index (χ1) is 7.33. The van der Waals surface area contributed by atoms with Crippen molar-refractivity contribution >= 4 is 5.78 Å². The predicted molar refractivity (Wildman–Crippen MR) is 64.7 cm³/mol. The van der Waals surface area contributed by atoms with Crippen LogP contribution >= 0.6 is 0 Å². The Hall–Kier alpha value is -1.11. The minimum absolute atomic E-state index is 0.320. The molecule has 1 rings (SSSR count). The van der Waals surface area contributed by atoms with Crippen LogP contribution in [-0.4, -0.2) is 5.78 Å². The second kappa shape index (κ2) is 7.22. The lowest BCUT2D eigenvalue weighted by molar-refractivity contribution is -0.115. The van der Waals surface area contributed by atoms with Crippen LogP contribution in [0.1, 0.15) is 45.4 Å². The van der Waals surface area contributed by atoms with Crippen molar-refractivity contribution in [2.75, 3.05) is 0 Å². The molecule has 1 aliphatic carbocycles. The van der Waals surface area contributed by atoms with E-state index in [0.717, 1.165) is 38.5 Å². The van der Waals surface area contributed by atoms with Crippen LogP contribution in [-0.2, 0) is 4.79 Å². The van der Waals surface area contributed by atoms with Gasteiger partial charge in [0.1, 0.15) is 0 Å². The molecule has 0 radical (unpaired) electrons. The largest absolute Gasteiger partial charge is 0.295 e. The van der Waals surface area contributed by atoms with Crippen molar-refractivity contribution < 1.29 is 4.79 Å². The van der Waals surface area contributed by atoms with Crippen LogP contribution in [0.4, 0.5) is 0 Å². The van der Waals surface area contributed by atoms with Gasteiger partial charge in [-0.25, -0.2) is 0 Å². The Morgan fingerprint density at radius 2 is 2.20 bits per heavy atom. The minimum atomic E-state index is 0.320. The zero-order valence-electron chi connectivity index (χ0n) is 9.54. The number of ketones is 1. The summed E-state index contributed by atoms with van der Waals surface area (Å²) in [6.45, 7) is 2.02. The number of unbranched alkanes of at least 4 members (excludes halogenated alkanes) is 1. The zero-order valence-corrected chi connectivity index (χ0v) is 9.54. The van der Waals surface area contributed by atoms with Crippen LogP contribution < -0.4 is 0 Å². The highest BCUT2D eigenvalue weighted by Gasteiger charge is 2.08. The van der Waals surface area contributed by atoms with Crippen molar-refractivity contribution in [3.05, 3.63) is 36.0 Å². The summed E-state index contributed by atoms with van der Waals surface area (Å²) in [5.41, 5.74) is 1.35. The fourth-order valence-corrected chi connectivity index (χ4v) is 1.79. The molecule has 0 spiro atoms. The summed E-state index contributed by atoms with van der Waals surface area (Å²) in [5, 5.41) is 0. The van der Waals surface area contributed by atoms with Crippen LogP contribution in [0.5, 0.6) is 0 Å². The number of hydrogen-bond donors (Lipinski definition) is 0. The summed E-state index contributed by atoms with van der Waals surface area (Å²) >= 11 is 0. The van der Waals surface area contributed by atoms with Crippen molar-refractivity contribution in [2.24, 2.45) is 0 Å². The summed E-state index contributed by atoms with van der Waals surface area (Å²) in [4.78, 5) is 11.1. The Labute approximate surface area is 92.6 Å². The highest BCUT2D eigenvalue weighted by molar-refractivity contribution is 5.91. The summed E-state index contributed by atoms with van der Waals surface area (Å²) in [6, 6.07) is 0. The quantitative estimate of drug-likeness (QED) is 0.489. The van der Waals surface area contributed by atoms with Crippen LogP contribution in [0, 0.1) is 0 Å². The second-order valence-corrected chi connectivity index (χ2v) is 3.97. The van der Waals surface area contributed by atoms with Gasteiger partial charge in [-0.3, -0.25) is 4.79 Å². The molecule has 1 aliphatic rings. The van der Waals surface area contributed by atoms with Gasteiger partial charge in [0.05, 0.1) is 0 Å². The lowest BCUT2D eigenvalue weighted by atomic mass is 9.95. The first-order valence-electron chi connectivity index (χ1n) is 5.83. The van der Waals surface area contributed by atoms with Gasteiger partial charge in [0.25, 0.3) is 0 Å². The highest BCUT2D eigenvalue weighted by Crippen LogP contribution is 2.20. The molecular formula is C14H20O. The Morgan fingerprint density at radius 3 is 2.93 bits per heavy atom. The molecule has 0 aromatic rings. The molecule has 0 aromatic heterocycles. The molecule has 0 saturated carbocycles. The lowest BCUT2D eigenvalue weighted by Gasteiger charge is -2.10. The van der Waals surface area contributed by atoms with Crippen LogP contribution in [0.15, 0.2) is 36.0 Å². The molecule has 0 N–H and O–H groups in total. The average molecular weight is 204 g/mol. The average Bonchev–Trinajstić information content (AvgIpc) is 2.23. The van der Waals surface area contributed by atoms with E-state index in [1.54, 1.807) is 0 Å². The minimum Gasteiger partial charge on any atom is -0.295 e. The topological polar surface area (TPSA) is 17.1 Å². The van der Waals surface area contributed by atoms with Gasteiger partial charge in [0, 0.05) is 6.42 Å². The summed E-state index contributed by atoms with van der Waals surface area (Å²) < 4.78 is 0. The van der Waals surface area contributed by atoms with E-state index in [2.05, 4.69) is 12.2 Å². The van der Waals surface area contributed by atoms with E-state index in [4.69, 9.17) is 0 Å². The summed E-state index contributed by atoms with van der Waals surface area (Å²) in [5.74, 6) is 0.320. The molecule has 0 bridgehead atoms. The highest BCUT2D eigenvalue weighted by atomic mass is 16.1. The van der Waals surface area contributed by atoms with Gasteiger partial charge in [-0.15, -0.1) is 0 Å². The molecule has 1 nitrogen and oxygen atoms in total. The van der Waals surface area contributed by atoms with Crippen molar-refractivity contribution in [3.8, 4) is 0 Å². The van der Waals surface area contributed by atoms with E-state index in [1.807, 2.05) is 25.2 Å². The molecular weight excluding hydrogens is 184 g/mol. The number of hydrogen-bond acceptors (Lipinski definition) is 1. The van der Waals surface area contributed by atoms with Crippen molar-refractivity contribution in [1.82, 2.24) is 0 Å². The number of rotatable bonds is 5. The molecule has 1 heteroatoms. The van der Waals surface area contributed by atoms with Gasteiger partial charge in [-0.1, -0.05) is 29.9 Å². The molecule has 0 atom stereocenters. The van der Waals surface area contributed by atoms with Crippen LogP contribution in [0.25, 0.3) is 0 Å². The molecule has 0 saturated heterocycles. The second-order valence-electron chi connectivity index (χ2n) is 3.97. The number of carbonyl (C=O) groups excluding carboxylic acids is 1. The standard InChI is InChI=1S/C14H20O/c1-2-3-4-5-6-7-9-13-10-8-11-14(15)12-13/h2-5,12H,6-11H2,1H3/b3-2+,5-4+. The summed E-state index contributed by atoms with van der Waals surface area (Å²) in [7, 11) is 0. The molecule has 0 aliphatic heterocycles. The van der Waals surface area contributed by atoms with Gasteiger partial charge in [-0.2, -0.15) is 0 Å². The molecule has 15 heavy (non-hydrogen) atoms. The smallest absolute Gasteiger partial charge is 0.155 e. The number of allylic oxidation sites excluding steroid dienone is 6. The van der Waals surface area contributed by atoms with E-state index in [0.29, 0.717) is 5.78 Å². The maximum atomic E-state index is 11.1. The van der Waals surface area contributed by atoms with Crippen LogP contribution in [0.2, 0.25) is 0 Å². The molecule has 0 amide bonds. The molecule has 82 valence electrons. The van der Waals surface area contributed by atoms with Crippen molar-refractivity contribution in [1.29, 1.82) is 0 Å². The van der Waals surface area contributed by atoms with Crippen LogP contribution in [0.3, 0.4) is 0 Å². The Morgan fingerprint density at radius 1 is 1.33 bits per heavy atom. The van der Waals surface area contributed by atoms with E-state index in [-0.39, 0.29) is 0 Å². The Kier molecular flexibility index (Phi) is 5.76. The third kappa shape index (κ3) is 5.36. The van der Waals surface area contributed by atoms with Crippen molar-refractivity contribution in [3.63, 3.8) is 0 Å². The Bertz CT molecular complexity index is 282. The number of carbonyl (C=O) groups is 1. The van der Waals surface area contributed by atoms with Crippen molar-refractivity contribution in [2.45, 2.75) is 45.4 Å². The van der Waals surface area contributed by atoms with Gasteiger partial charge in [0.2, 0.25) is 0 Å². The SMILES string of the molecule is C/C=C/C=C/CCCC1=CC(=O)CCC1. The van der Waals surface area contributed by atoms with Gasteiger partial charge < -0.3 is 0 Å². The zero-order chi connectivity index (χ0) is 10.9. The molecule has 0 heterocycles. The fraction of sp³-hybridized carbons (Fsp3) is 0.500. The van der Waals surface area contributed by atoms with E-state index < -0.39 is 0 Å². The third-order valence-electron chi connectivity index (χ3n) is 2.59. The predicted octanol–water partition coefficient (Wildman–Crippen LogP) is 3.97. The van der Waals surface area contributed by atoms with E-state index >= 15 is 0 Å². The molecule has 0 fully saturated rings. The molecule has 0 unspecified atom stereocenters. The Balaban J connectivity index is 2.17. The first-order valence-corrected chi connectivity index (χ1v) is 5.83.